The molecule has 1 aromatic heterocycles. The van der Waals surface area contributed by atoms with E-state index in [0.29, 0.717) is 42.6 Å². The van der Waals surface area contributed by atoms with Crippen molar-refractivity contribution in [1.29, 1.82) is 0 Å². The number of likely N-dealkylation sites (N-methyl/N-ethyl adjacent to an activating group) is 2. The Morgan fingerprint density at radius 3 is 2.51 bits per heavy atom. The van der Waals surface area contributed by atoms with E-state index >= 15 is 0 Å². The first-order chi connectivity index (χ1) is 17.5. The number of aromatic nitrogens is 2. The number of anilines is 5. The number of nitrogens with one attached hydrogen (secondary N) is 2. The Balaban J connectivity index is 2.01. The lowest BCUT2D eigenvalue weighted by molar-refractivity contribution is -0.137. The number of ether oxygens (including phenoxy) is 2. The monoisotopic (exact) mass is 523 g/mol. The predicted octanol–water partition coefficient (Wildman–Crippen LogP) is 3.21. The van der Waals surface area contributed by atoms with E-state index in [1.54, 1.807) is 12.1 Å². The molecule has 1 saturated heterocycles. The van der Waals surface area contributed by atoms with Crippen LogP contribution in [0.2, 0.25) is 0 Å². The van der Waals surface area contributed by atoms with E-state index in [1.807, 2.05) is 30.9 Å². The molecule has 2 heterocycles. The van der Waals surface area contributed by atoms with Crippen LogP contribution in [0.25, 0.3) is 0 Å². The second-order valence-corrected chi connectivity index (χ2v) is 8.64. The number of hydrogen-bond acceptors (Lipinski definition) is 9. The average Bonchev–Trinajstić information content (AvgIpc) is 2.87. The molecule has 10 nitrogen and oxygen atoms in total. The zero-order valence-corrected chi connectivity index (χ0v) is 21.4. The van der Waals surface area contributed by atoms with Crippen molar-refractivity contribution in [2.24, 2.45) is 0 Å². The van der Waals surface area contributed by atoms with Crippen LogP contribution >= 0.6 is 0 Å². The van der Waals surface area contributed by atoms with Gasteiger partial charge in [0.15, 0.2) is 0 Å². The van der Waals surface area contributed by atoms with Crippen LogP contribution in [-0.2, 0) is 15.7 Å². The highest BCUT2D eigenvalue weighted by Crippen LogP contribution is 2.39. The summed E-state index contributed by atoms with van der Waals surface area (Å²) in [4.78, 5) is 25.8. The molecule has 0 radical (unpaired) electrons. The number of halogens is 3. The fourth-order valence-corrected chi connectivity index (χ4v) is 3.68. The Labute approximate surface area is 214 Å². The van der Waals surface area contributed by atoms with Gasteiger partial charge in [0, 0.05) is 45.5 Å². The molecule has 13 heteroatoms. The number of hydrogen-bond donors (Lipinski definition) is 2. The molecule has 3 rings (SSSR count). The maximum absolute atomic E-state index is 13.7. The molecule has 2 N–H and O–H groups in total. The van der Waals surface area contributed by atoms with E-state index in [9.17, 15) is 18.0 Å². The van der Waals surface area contributed by atoms with Gasteiger partial charge in [0.05, 0.1) is 37.4 Å². The fourth-order valence-electron chi connectivity index (χ4n) is 3.68. The highest BCUT2D eigenvalue weighted by Gasteiger charge is 2.37. The highest BCUT2D eigenvalue weighted by molar-refractivity contribution is 6.02. The van der Waals surface area contributed by atoms with Crippen LogP contribution in [0, 0.1) is 0 Å². The number of carbonyl (C=O) groups excluding carboxylic acids is 1. The lowest BCUT2D eigenvalue weighted by Crippen LogP contribution is -2.38. The number of carbonyl (C=O) groups is 1. The first-order valence-corrected chi connectivity index (χ1v) is 11.6. The number of morpholine rings is 1. The molecule has 0 atom stereocenters. The molecule has 1 aromatic carbocycles. The van der Waals surface area contributed by atoms with E-state index in [0.717, 1.165) is 18.8 Å². The maximum Gasteiger partial charge on any atom is 0.421 e. The van der Waals surface area contributed by atoms with Crippen molar-refractivity contribution in [3.05, 3.63) is 36.5 Å². The average molecular weight is 524 g/mol. The van der Waals surface area contributed by atoms with Gasteiger partial charge in [0.1, 0.15) is 17.1 Å². The van der Waals surface area contributed by atoms with Gasteiger partial charge < -0.3 is 34.8 Å². The van der Waals surface area contributed by atoms with Gasteiger partial charge >= 0.3 is 6.18 Å². The summed E-state index contributed by atoms with van der Waals surface area (Å²) in [6.45, 7) is 6.06. The van der Waals surface area contributed by atoms with Gasteiger partial charge in [-0.15, -0.1) is 0 Å². The number of nitrogens with zero attached hydrogens (tertiary/aromatic N) is 5. The first kappa shape index (κ1) is 28.0. The van der Waals surface area contributed by atoms with Gasteiger partial charge in [-0.1, -0.05) is 6.58 Å². The topological polar surface area (TPSA) is 95.1 Å². The molecule has 0 spiro atoms. The normalized spacial score (nSPS) is 13.9. The summed E-state index contributed by atoms with van der Waals surface area (Å²) in [5, 5.41) is 5.73. The number of rotatable bonds is 10. The lowest BCUT2D eigenvalue weighted by atomic mass is 10.2. The zero-order valence-electron chi connectivity index (χ0n) is 21.4. The zero-order chi connectivity index (χ0) is 27.2. The van der Waals surface area contributed by atoms with Crippen LogP contribution in [0.15, 0.2) is 31.0 Å². The van der Waals surface area contributed by atoms with Crippen LogP contribution in [-0.4, -0.2) is 88.4 Å². The predicted molar refractivity (Wildman–Crippen MR) is 137 cm³/mol. The third kappa shape index (κ3) is 7.23. The van der Waals surface area contributed by atoms with Gasteiger partial charge in [-0.25, -0.2) is 4.98 Å². The van der Waals surface area contributed by atoms with Crippen molar-refractivity contribution in [2.75, 3.05) is 88.1 Å². The maximum atomic E-state index is 13.7. The second-order valence-electron chi connectivity index (χ2n) is 8.64. The van der Waals surface area contributed by atoms with Crippen LogP contribution in [0.1, 0.15) is 5.56 Å². The minimum Gasteiger partial charge on any atom is -0.494 e. The summed E-state index contributed by atoms with van der Waals surface area (Å²) in [6.07, 6.45) is -2.71. The largest absolute Gasteiger partial charge is 0.494 e. The highest BCUT2D eigenvalue weighted by atomic mass is 19.4. The van der Waals surface area contributed by atoms with Gasteiger partial charge in [-0.2, -0.15) is 18.2 Å². The third-order valence-electron chi connectivity index (χ3n) is 5.69. The van der Waals surface area contributed by atoms with Crippen LogP contribution in [0.3, 0.4) is 0 Å². The summed E-state index contributed by atoms with van der Waals surface area (Å²) in [6, 6.07) is 3.35. The van der Waals surface area contributed by atoms with E-state index in [2.05, 4.69) is 27.2 Å². The second kappa shape index (κ2) is 12.1. The molecule has 0 saturated carbocycles. The van der Waals surface area contributed by atoms with Crippen LogP contribution in [0.5, 0.6) is 5.75 Å². The SMILES string of the molecule is C=CC(=O)Nc1cc(Nc2ncc(C(F)(F)F)c(N3CCOCC3)n2)c(OC)cc1N(C)CCN(C)C. The molecule has 0 bridgehead atoms. The molecule has 1 aliphatic heterocycles. The molecule has 1 aliphatic rings. The Kier molecular flexibility index (Phi) is 9.16. The fraction of sp³-hybridized carbons (Fsp3) is 0.458. The molecule has 202 valence electrons. The Hall–Kier alpha value is -3.58. The van der Waals surface area contributed by atoms with Crippen molar-refractivity contribution in [3.8, 4) is 5.75 Å². The molecule has 37 heavy (non-hydrogen) atoms. The number of amides is 1. The van der Waals surface area contributed by atoms with E-state index in [1.165, 1.54) is 12.0 Å². The molecule has 0 aliphatic carbocycles. The third-order valence-corrected chi connectivity index (χ3v) is 5.69. The van der Waals surface area contributed by atoms with E-state index < -0.39 is 17.6 Å². The first-order valence-electron chi connectivity index (χ1n) is 11.6. The van der Waals surface area contributed by atoms with Crippen molar-refractivity contribution in [1.82, 2.24) is 14.9 Å². The number of benzene rings is 1. The Morgan fingerprint density at radius 1 is 1.22 bits per heavy atom. The van der Waals surface area contributed by atoms with Gasteiger partial charge in [0.25, 0.3) is 0 Å². The van der Waals surface area contributed by atoms with Crippen molar-refractivity contribution >= 4 is 34.7 Å². The summed E-state index contributed by atoms with van der Waals surface area (Å²) < 4.78 is 51.9. The van der Waals surface area contributed by atoms with Crippen LogP contribution < -0.4 is 25.2 Å². The van der Waals surface area contributed by atoms with Gasteiger partial charge in [-0.3, -0.25) is 4.79 Å². The molecule has 2 aromatic rings. The van der Waals surface area contributed by atoms with Crippen LogP contribution in [0.4, 0.5) is 42.0 Å². The molecule has 1 amide bonds. The summed E-state index contributed by atoms with van der Waals surface area (Å²) in [5.74, 6) is -0.312. The van der Waals surface area contributed by atoms with Gasteiger partial charge in [-0.05, 0) is 26.2 Å². The Bertz CT molecular complexity index is 1110. The summed E-state index contributed by atoms with van der Waals surface area (Å²) >= 11 is 0. The molecule has 0 unspecified atom stereocenters. The number of methoxy groups -OCH3 is 1. The molecular formula is C24H32F3N7O3. The smallest absolute Gasteiger partial charge is 0.421 e. The minimum atomic E-state index is -4.62. The van der Waals surface area contributed by atoms with Crippen molar-refractivity contribution < 1.29 is 27.4 Å². The molecule has 1 fully saturated rings. The lowest BCUT2D eigenvalue weighted by Gasteiger charge is -2.30. The Morgan fingerprint density at radius 2 is 1.92 bits per heavy atom. The van der Waals surface area contributed by atoms with Crippen molar-refractivity contribution in [2.45, 2.75) is 6.18 Å². The quantitative estimate of drug-likeness (QED) is 0.455. The van der Waals surface area contributed by atoms with E-state index in [-0.39, 0.29) is 24.9 Å². The summed E-state index contributed by atoms with van der Waals surface area (Å²) in [7, 11) is 7.26. The van der Waals surface area contributed by atoms with Crippen molar-refractivity contribution in [3.63, 3.8) is 0 Å². The molecular weight excluding hydrogens is 491 g/mol. The summed E-state index contributed by atoms with van der Waals surface area (Å²) in [5.41, 5.74) is 0.569. The van der Waals surface area contributed by atoms with E-state index in [4.69, 9.17) is 9.47 Å². The standard InChI is InChI=1S/C24H32F3N7O3/c1-6-21(35)29-17-13-18(20(36-5)14-19(17)33(4)8-7-32(2)3)30-23-28-15-16(24(25,26)27)22(31-23)34-9-11-37-12-10-34/h6,13-15H,1,7-12H2,2-5H3,(H,29,35)(H,28,30,31). The minimum absolute atomic E-state index is 0.0532. The number of alkyl halides is 3. The van der Waals surface area contributed by atoms with Gasteiger partial charge in [0.2, 0.25) is 11.9 Å².